The van der Waals surface area contributed by atoms with Crippen molar-refractivity contribution in [3.63, 3.8) is 0 Å². The van der Waals surface area contributed by atoms with Gasteiger partial charge < -0.3 is 24.4 Å². The van der Waals surface area contributed by atoms with Gasteiger partial charge in [-0.15, -0.1) is 0 Å². The van der Waals surface area contributed by atoms with Crippen molar-refractivity contribution in [3.8, 4) is 0 Å². The number of nitrogens with one attached hydrogen (secondary N) is 1. The highest BCUT2D eigenvalue weighted by Gasteiger charge is 2.35. The van der Waals surface area contributed by atoms with Crippen LogP contribution < -0.4 is 5.32 Å². The Morgan fingerprint density at radius 1 is 1.48 bits per heavy atom. The summed E-state index contributed by atoms with van der Waals surface area (Å²) in [4.78, 5) is 13.4. The van der Waals surface area contributed by atoms with Crippen LogP contribution in [0.5, 0.6) is 0 Å². The normalized spacial score (nSPS) is 22.9. The van der Waals surface area contributed by atoms with Gasteiger partial charge in [0.2, 0.25) is 0 Å². The fourth-order valence-electron chi connectivity index (χ4n) is 1.98. The van der Waals surface area contributed by atoms with Crippen molar-refractivity contribution in [2.45, 2.75) is 65.1 Å². The minimum Gasteiger partial charge on any atom is -0.444 e. The molecule has 0 aromatic heterocycles. The van der Waals surface area contributed by atoms with Gasteiger partial charge in [0.1, 0.15) is 5.60 Å². The molecule has 1 unspecified atom stereocenters. The molecule has 0 spiro atoms. The average molecular weight is 302 g/mol. The molecule has 0 saturated carbocycles. The van der Waals surface area contributed by atoms with Gasteiger partial charge in [-0.2, -0.15) is 0 Å². The van der Waals surface area contributed by atoms with Crippen LogP contribution in [0, 0.1) is 0 Å². The lowest BCUT2D eigenvalue weighted by molar-refractivity contribution is -0.141. The van der Waals surface area contributed by atoms with Crippen molar-refractivity contribution < 1.29 is 19.0 Å². The third-order valence-corrected chi connectivity index (χ3v) is 3.21. The van der Waals surface area contributed by atoms with Gasteiger partial charge >= 0.3 is 6.09 Å². The van der Waals surface area contributed by atoms with Gasteiger partial charge in [0, 0.05) is 26.2 Å². The lowest BCUT2D eigenvalue weighted by Gasteiger charge is -2.26. The number of nitrogens with zero attached hydrogens (tertiary/aromatic N) is 1. The summed E-state index contributed by atoms with van der Waals surface area (Å²) in [6.45, 7) is 13.3. The molecule has 0 radical (unpaired) electrons. The molecule has 1 heterocycles. The van der Waals surface area contributed by atoms with Crippen molar-refractivity contribution in [2.24, 2.45) is 0 Å². The third kappa shape index (κ3) is 6.63. The first-order chi connectivity index (χ1) is 9.50. The van der Waals surface area contributed by atoms with Crippen molar-refractivity contribution in [3.05, 3.63) is 0 Å². The maximum Gasteiger partial charge on any atom is 0.410 e. The predicted octanol–water partition coefficient (Wildman–Crippen LogP) is 1.98. The van der Waals surface area contributed by atoms with E-state index in [2.05, 4.69) is 12.2 Å². The lowest BCUT2D eigenvalue weighted by atomic mass is 10.2. The topological polar surface area (TPSA) is 60.0 Å². The van der Waals surface area contributed by atoms with E-state index in [1.807, 2.05) is 34.6 Å². The van der Waals surface area contributed by atoms with Crippen LogP contribution in [0.4, 0.5) is 4.79 Å². The van der Waals surface area contributed by atoms with E-state index in [9.17, 15) is 4.79 Å². The van der Waals surface area contributed by atoms with E-state index in [-0.39, 0.29) is 18.2 Å². The first-order valence-corrected chi connectivity index (χ1v) is 7.49. The number of carbonyl (C=O) groups is 1. The van der Waals surface area contributed by atoms with Crippen molar-refractivity contribution in [1.82, 2.24) is 10.2 Å². The van der Waals surface area contributed by atoms with E-state index in [1.165, 1.54) is 0 Å². The maximum absolute atomic E-state index is 11.8. The van der Waals surface area contributed by atoms with E-state index < -0.39 is 11.4 Å². The highest BCUT2D eigenvalue weighted by molar-refractivity contribution is 5.67. The highest BCUT2D eigenvalue weighted by Crippen LogP contribution is 2.23. The fraction of sp³-hybridized carbons (Fsp3) is 0.933. The molecule has 0 aromatic rings. The van der Waals surface area contributed by atoms with Gasteiger partial charge in [-0.3, -0.25) is 0 Å². The number of amides is 1. The number of rotatable bonds is 5. The summed E-state index contributed by atoms with van der Waals surface area (Å²) in [5.41, 5.74) is -0.466. The highest BCUT2D eigenvalue weighted by atomic mass is 16.7. The van der Waals surface area contributed by atoms with E-state index in [1.54, 1.807) is 11.9 Å². The largest absolute Gasteiger partial charge is 0.444 e. The molecular formula is C15H30N2O4. The minimum atomic E-state index is -0.506. The molecule has 1 aliphatic heterocycles. The van der Waals surface area contributed by atoms with Crippen molar-refractivity contribution >= 4 is 6.09 Å². The van der Waals surface area contributed by atoms with Crippen LogP contribution in [-0.4, -0.2) is 61.3 Å². The number of hydrogen-bond donors (Lipinski definition) is 1. The molecule has 124 valence electrons. The monoisotopic (exact) mass is 302 g/mol. The van der Waals surface area contributed by atoms with E-state index in [0.717, 1.165) is 0 Å². The molecule has 1 saturated heterocycles. The summed E-state index contributed by atoms with van der Waals surface area (Å²) in [5.74, 6) is -0.506. The summed E-state index contributed by atoms with van der Waals surface area (Å²) < 4.78 is 16.6. The third-order valence-electron chi connectivity index (χ3n) is 3.21. The summed E-state index contributed by atoms with van der Waals surface area (Å²) >= 11 is 0. The Balaban J connectivity index is 2.25. The van der Waals surface area contributed by atoms with Gasteiger partial charge in [-0.05, 0) is 41.5 Å². The standard InChI is InChI=1S/C15H30N2O4/c1-11(12-10-19-15(5,6)20-12)16-8-9-17(7)13(18)21-14(2,3)4/h11-12,16H,8-10H2,1-7H3/t11?,12-/m1/s1. The molecule has 21 heavy (non-hydrogen) atoms. The molecule has 2 atom stereocenters. The summed E-state index contributed by atoms with van der Waals surface area (Å²) in [7, 11) is 1.73. The zero-order chi connectivity index (χ0) is 16.3. The molecule has 0 bridgehead atoms. The lowest BCUT2D eigenvalue weighted by Crippen LogP contribution is -2.44. The van der Waals surface area contributed by atoms with Gasteiger partial charge in [-0.1, -0.05) is 0 Å². The second-order valence-electron chi connectivity index (χ2n) is 7.01. The van der Waals surface area contributed by atoms with Gasteiger partial charge in [0.05, 0.1) is 12.7 Å². The molecule has 6 nitrogen and oxygen atoms in total. The minimum absolute atomic E-state index is 0.0341. The Labute approximate surface area is 128 Å². The molecule has 1 N–H and O–H groups in total. The van der Waals surface area contributed by atoms with Crippen molar-refractivity contribution in [2.75, 3.05) is 26.7 Å². The first kappa shape index (κ1) is 18.2. The van der Waals surface area contributed by atoms with Crippen LogP contribution in [0.3, 0.4) is 0 Å². The van der Waals surface area contributed by atoms with Gasteiger partial charge in [0.15, 0.2) is 5.79 Å². The molecule has 0 aliphatic carbocycles. The summed E-state index contributed by atoms with van der Waals surface area (Å²) in [6, 6.07) is 0.166. The zero-order valence-corrected chi connectivity index (χ0v) is 14.4. The number of ether oxygens (including phenoxy) is 3. The van der Waals surface area contributed by atoms with E-state index in [4.69, 9.17) is 14.2 Å². The molecule has 0 aromatic carbocycles. The van der Waals surface area contributed by atoms with Crippen molar-refractivity contribution in [1.29, 1.82) is 0 Å². The Bertz CT molecular complexity index is 352. The number of likely N-dealkylation sites (N-methyl/N-ethyl adjacent to an activating group) is 1. The number of carbonyl (C=O) groups excluding carboxylic acids is 1. The second-order valence-corrected chi connectivity index (χ2v) is 7.01. The fourth-order valence-corrected chi connectivity index (χ4v) is 1.98. The maximum atomic E-state index is 11.8. The van der Waals surface area contributed by atoms with Crippen LogP contribution in [0.2, 0.25) is 0 Å². The average Bonchev–Trinajstić information content (AvgIpc) is 2.67. The number of hydrogen-bond acceptors (Lipinski definition) is 5. The quantitative estimate of drug-likeness (QED) is 0.841. The van der Waals surface area contributed by atoms with Crippen LogP contribution in [0.15, 0.2) is 0 Å². The van der Waals surface area contributed by atoms with Crippen LogP contribution in [0.1, 0.15) is 41.5 Å². The molecular weight excluding hydrogens is 272 g/mol. The van der Waals surface area contributed by atoms with Gasteiger partial charge in [0.25, 0.3) is 0 Å². The summed E-state index contributed by atoms with van der Waals surface area (Å²) in [5, 5.41) is 3.36. The first-order valence-electron chi connectivity index (χ1n) is 7.49. The Morgan fingerprint density at radius 2 is 2.10 bits per heavy atom. The second kappa shape index (κ2) is 6.94. The molecule has 1 aliphatic rings. The van der Waals surface area contributed by atoms with Crippen LogP contribution >= 0.6 is 0 Å². The van der Waals surface area contributed by atoms with Crippen LogP contribution in [-0.2, 0) is 14.2 Å². The van der Waals surface area contributed by atoms with E-state index >= 15 is 0 Å². The smallest absolute Gasteiger partial charge is 0.410 e. The predicted molar refractivity (Wildman–Crippen MR) is 81.2 cm³/mol. The zero-order valence-electron chi connectivity index (χ0n) is 14.4. The van der Waals surface area contributed by atoms with Gasteiger partial charge in [-0.25, -0.2) is 4.79 Å². The Kier molecular flexibility index (Phi) is 6.01. The molecule has 1 amide bonds. The molecule has 1 rings (SSSR count). The SMILES string of the molecule is CC(NCCN(C)C(=O)OC(C)(C)C)[C@H]1COC(C)(C)O1. The molecule has 6 heteroatoms. The molecule has 1 fully saturated rings. The van der Waals surface area contributed by atoms with Crippen LogP contribution in [0.25, 0.3) is 0 Å². The van der Waals surface area contributed by atoms with E-state index in [0.29, 0.717) is 19.7 Å². The Morgan fingerprint density at radius 3 is 2.57 bits per heavy atom. The Hall–Kier alpha value is -0.850. The summed E-state index contributed by atoms with van der Waals surface area (Å²) in [6.07, 6.45) is -0.273.